The van der Waals surface area contributed by atoms with E-state index in [4.69, 9.17) is 4.74 Å². The highest BCUT2D eigenvalue weighted by Gasteiger charge is 2.29. The third-order valence-corrected chi connectivity index (χ3v) is 7.22. The van der Waals surface area contributed by atoms with Gasteiger partial charge >= 0.3 is 0 Å². The zero-order valence-corrected chi connectivity index (χ0v) is 18.5. The predicted octanol–water partition coefficient (Wildman–Crippen LogP) is 3.14. The molecule has 3 aliphatic rings. The molecular formula is C24H33N5O2. The molecular weight excluding hydrogens is 390 g/mol. The van der Waals surface area contributed by atoms with Crippen LogP contribution in [0.5, 0.6) is 5.75 Å². The molecule has 0 atom stereocenters. The van der Waals surface area contributed by atoms with E-state index in [0.29, 0.717) is 12.5 Å². The number of rotatable bonds is 6. The van der Waals surface area contributed by atoms with Gasteiger partial charge in [0.15, 0.2) is 0 Å². The van der Waals surface area contributed by atoms with E-state index < -0.39 is 0 Å². The molecule has 2 aromatic rings. The van der Waals surface area contributed by atoms with Gasteiger partial charge in [0.25, 0.3) is 0 Å². The first kappa shape index (κ1) is 20.5. The first-order valence-corrected chi connectivity index (χ1v) is 11.9. The summed E-state index contributed by atoms with van der Waals surface area (Å²) in [6.07, 6.45) is 9.20. The number of likely N-dealkylation sites (tertiary alicyclic amines) is 2. The van der Waals surface area contributed by atoms with Crippen molar-refractivity contribution in [1.29, 1.82) is 0 Å². The van der Waals surface area contributed by atoms with Crippen molar-refractivity contribution in [3.05, 3.63) is 35.7 Å². The minimum atomic E-state index is 0.153. The second-order valence-corrected chi connectivity index (χ2v) is 9.23. The van der Waals surface area contributed by atoms with Crippen molar-refractivity contribution in [3.8, 4) is 11.4 Å². The Labute approximate surface area is 184 Å². The molecule has 3 heterocycles. The van der Waals surface area contributed by atoms with Crippen LogP contribution in [-0.4, -0.2) is 69.0 Å². The summed E-state index contributed by atoms with van der Waals surface area (Å²) in [6, 6.07) is 8.91. The lowest BCUT2D eigenvalue weighted by Gasteiger charge is -2.41. The van der Waals surface area contributed by atoms with Crippen molar-refractivity contribution in [1.82, 2.24) is 24.8 Å². The molecule has 1 aliphatic carbocycles. The average Bonchev–Trinajstić information content (AvgIpc) is 3.40. The van der Waals surface area contributed by atoms with Crippen LogP contribution < -0.4 is 4.74 Å². The molecule has 5 rings (SSSR count). The molecule has 0 unspecified atom stereocenters. The predicted molar refractivity (Wildman–Crippen MR) is 118 cm³/mol. The number of benzene rings is 1. The second kappa shape index (κ2) is 8.99. The van der Waals surface area contributed by atoms with Gasteiger partial charge in [-0.2, -0.15) is 0 Å². The quantitative estimate of drug-likeness (QED) is 0.714. The van der Waals surface area contributed by atoms with E-state index >= 15 is 0 Å². The fraction of sp³-hybridized carbons (Fsp3) is 0.625. The van der Waals surface area contributed by atoms with Crippen molar-refractivity contribution in [3.63, 3.8) is 0 Å². The van der Waals surface area contributed by atoms with E-state index in [1.54, 1.807) is 0 Å². The number of aromatic nitrogens is 3. The van der Waals surface area contributed by atoms with E-state index in [9.17, 15) is 4.79 Å². The lowest BCUT2D eigenvalue weighted by molar-refractivity contribution is -0.129. The fourth-order valence-electron chi connectivity index (χ4n) is 4.96. The lowest BCUT2D eigenvalue weighted by Crippen LogP contribution is -2.46. The van der Waals surface area contributed by atoms with Gasteiger partial charge in [0, 0.05) is 32.2 Å². The molecule has 3 fully saturated rings. The maximum absolute atomic E-state index is 12.5. The summed E-state index contributed by atoms with van der Waals surface area (Å²) < 4.78 is 8.06. The maximum atomic E-state index is 12.5. The molecule has 1 aromatic heterocycles. The van der Waals surface area contributed by atoms with E-state index in [1.165, 1.54) is 19.3 Å². The Morgan fingerprint density at radius 3 is 2.35 bits per heavy atom. The summed E-state index contributed by atoms with van der Waals surface area (Å²) in [5.74, 6) is 1.06. The van der Waals surface area contributed by atoms with Gasteiger partial charge < -0.3 is 14.5 Å². The van der Waals surface area contributed by atoms with Gasteiger partial charge in [-0.15, -0.1) is 5.10 Å². The van der Waals surface area contributed by atoms with Crippen LogP contribution in [0.25, 0.3) is 5.69 Å². The monoisotopic (exact) mass is 423 g/mol. The molecule has 0 bridgehead atoms. The second-order valence-electron chi connectivity index (χ2n) is 9.23. The molecule has 0 radical (unpaired) electrons. The Balaban J connectivity index is 1.17. The Hall–Kier alpha value is -2.41. The van der Waals surface area contributed by atoms with Crippen LogP contribution in [0, 0.1) is 6.92 Å². The fourth-order valence-corrected chi connectivity index (χ4v) is 4.96. The number of carbonyl (C=O) groups is 1. The lowest BCUT2D eigenvalue weighted by atomic mass is 9.90. The third kappa shape index (κ3) is 4.47. The molecule has 166 valence electrons. The summed E-state index contributed by atoms with van der Waals surface area (Å²) in [5, 5.41) is 8.58. The zero-order valence-electron chi connectivity index (χ0n) is 18.5. The summed E-state index contributed by atoms with van der Waals surface area (Å²) in [7, 11) is 0. The van der Waals surface area contributed by atoms with Crippen molar-refractivity contribution >= 4 is 5.91 Å². The topological polar surface area (TPSA) is 63.5 Å². The number of hydrogen-bond donors (Lipinski definition) is 0. The molecule has 1 saturated carbocycles. The van der Waals surface area contributed by atoms with Gasteiger partial charge in [-0.3, -0.25) is 4.79 Å². The minimum absolute atomic E-state index is 0.153. The van der Waals surface area contributed by atoms with Crippen LogP contribution in [0.3, 0.4) is 0 Å². The first-order valence-electron chi connectivity index (χ1n) is 11.9. The van der Waals surface area contributed by atoms with Gasteiger partial charge in [0.05, 0.1) is 23.5 Å². The molecule has 0 N–H and O–H groups in total. The van der Waals surface area contributed by atoms with E-state index in [1.807, 2.05) is 40.8 Å². The highest BCUT2D eigenvalue weighted by atomic mass is 16.5. The smallest absolute Gasteiger partial charge is 0.228 e. The van der Waals surface area contributed by atoms with Crippen molar-refractivity contribution in [2.75, 3.05) is 26.2 Å². The van der Waals surface area contributed by atoms with Crippen LogP contribution >= 0.6 is 0 Å². The first-order chi connectivity index (χ1) is 15.2. The maximum Gasteiger partial charge on any atom is 0.228 e. The summed E-state index contributed by atoms with van der Waals surface area (Å²) in [4.78, 5) is 17.0. The highest BCUT2D eigenvalue weighted by molar-refractivity contribution is 5.78. The molecule has 2 aliphatic heterocycles. The molecule has 2 saturated heterocycles. The molecule has 31 heavy (non-hydrogen) atoms. The Morgan fingerprint density at radius 1 is 1.00 bits per heavy atom. The molecule has 1 aromatic carbocycles. The van der Waals surface area contributed by atoms with Crippen molar-refractivity contribution in [2.24, 2.45) is 0 Å². The average molecular weight is 424 g/mol. The standard InChI is InChI=1S/C24H33N5O2/c1-18-23(17-24(30)28-13-2-3-14-28)25-26-29(18)20-7-9-21(10-8-20)31-22-11-15-27(16-12-22)19-5-4-6-19/h7-10,19,22H,2-6,11-17H2,1H3. The van der Waals surface area contributed by atoms with Crippen LogP contribution in [0.4, 0.5) is 0 Å². The highest BCUT2D eigenvalue weighted by Crippen LogP contribution is 2.29. The molecule has 0 spiro atoms. The number of piperidine rings is 1. The zero-order chi connectivity index (χ0) is 21.2. The number of nitrogens with zero attached hydrogens (tertiary/aromatic N) is 5. The SMILES string of the molecule is Cc1c(CC(=O)N2CCCC2)nnn1-c1ccc(OC2CCN(C3CCC3)CC2)cc1. The number of carbonyl (C=O) groups excluding carboxylic acids is 1. The Kier molecular flexibility index (Phi) is 5.94. The van der Waals surface area contributed by atoms with Gasteiger partial charge in [0.2, 0.25) is 5.91 Å². The summed E-state index contributed by atoms with van der Waals surface area (Å²) >= 11 is 0. The van der Waals surface area contributed by atoms with Crippen molar-refractivity contribution < 1.29 is 9.53 Å². The van der Waals surface area contributed by atoms with Crippen molar-refractivity contribution in [2.45, 2.75) is 70.4 Å². The number of hydrogen-bond acceptors (Lipinski definition) is 5. The summed E-state index contributed by atoms with van der Waals surface area (Å²) in [5.41, 5.74) is 2.62. The summed E-state index contributed by atoms with van der Waals surface area (Å²) in [6.45, 7) is 6.03. The van der Waals surface area contributed by atoms with Gasteiger partial charge in [-0.25, -0.2) is 4.68 Å². The van der Waals surface area contributed by atoms with Gasteiger partial charge in [0.1, 0.15) is 11.9 Å². The number of ether oxygens (including phenoxy) is 1. The Bertz CT molecular complexity index is 891. The molecule has 1 amide bonds. The third-order valence-electron chi connectivity index (χ3n) is 7.22. The van der Waals surface area contributed by atoms with Crippen LogP contribution in [0.15, 0.2) is 24.3 Å². The largest absolute Gasteiger partial charge is 0.490 e. The van der Waals surface area contributed by atoms with Gasteiger partial charge in [-0.05, 0) is 69.7 Å². The normalized spacial score (nSPS) is 20.7. The Morgan fingerprint density at radius 2 is 1.71 bits per heavy atom. The van der Waals surface area contributed by atoms with E-state index in [0.717, 1.165) is 80.7 Å². The van der Waals surface area contributed by atoms with E-state index in [2.05, 4.69) is 15.2 Å². The van der Waals surface area contributed by atoms with Crippen LogP contribution in [-0.2, 0) is 11.2 Å². The molecule has 7 heteroatoms. The molecule has 7 nitrogen and oxygen atoms in total. The minimum Gasteiger partial charge on any atom is -0.490 e. The van der Waals surface area contributed by atoms with Gasteiger partial charge in [-0.1, -0.05) is 11.6 Å². The van der Waals surface area contributed by atoms with Crippen LogP contribution in [0.1, 0.15) is 56.3 Å². The van der Waals surface area contributed by atoms with Crippen LogP contribution in [0.2, 0.25) is 0 Å². The van der Waals surface area contributed by atoms with E-state index in [-0.39, 0.29) is 5.91 Å². The number of amides is 1.